The summed E-state index contributed by atoms with van der Waals surface area (Å²) in [6.07, 6.45) is 9.23. The van der Waals surface area contributed by atoms with Crippen molar-refractivity contribution >= 4 is 5.69 Å². The number of non-ortho nitro benzene ring substituents is 1. The van der Waals surface area contributed by atoms with E-state index in [1.165, 1.54) is 12.1 Å². The van der Waals surface area contributed by atoms with Gasteiger partial charge in [0.1, 0.15) is 5.75 Å². The van der Waals surface area contributed by atoms with Crippen LogP contribution in [0.25, 0.3) is 0 Å². The number of allylic oxidation sites excluding steroid dienone is 3. The van der Waals surface area contributed by atoms with Gasteiger partial charge in [-0.3, -0.25) is 10.1 Å². The minimum atomic E-state index is -0.397. The van der Waals surface area contributed by atoms with Gasteiger partial charge in [-0.05, 0) is 25.0 Å². The third-order valence-electron chi connectivity index (χ3n) is 2.89. The van der Waals surface area contributed by atoms with Gasteiger partial charge in [0, 0.05) is 18.1 Å². The minimum absolute atomic E-state index is 0.0975. The van der Waals surface area contributed by atoms with Crippen LogP contribution >= 0.6 is 0 Å². The molecule has 1 aliphatic rings. The van der Waals surface area contributed by atoms with Crippen LogP contribution < -0.4 is 4.74 Å². The summed E-state index contributed by atoms with van der Waals surface area (Å²) in [5.74, 6) is 1.09. The van der Waals surface area contributed by atoms with E-state index >= 15 is 0 Å². The number of nitrogens with zero attached hydrogens (tertiary/aromatic N) is 1. The van der Waals surface area contributed by atoms with Crippen LogP contribution in [0.15, 0.2) is 42.5 Å². The van der Waals surface area contributed by atoms with Gasteiger partial charge in [0.2, 0.25) is 0 Å². The van der Waals surface area contributed by atoms with Crippen molar-refractivity contribution in [2.45, 2.75) is 13.3 Å². The first kappa shape index (κ1) is 12.4. The molecule has 1 aromatic rings. The number of nitro groups is 1. The number of hydrogen-bond donors (Lipinski definition) is 0. The molecule has 1 aliphatic carbocycles. The normalized spacial score (nSPS) is 17.7. The molecule has 18 heavy (non-hydrogen) atoms. The van der Waals surface area contributed by atoms with Crippen molar-refractivity contribution in [2.75, 3.05) is 6.61 Å². The van der Waals surface area contributed by atoms with Crippen LogP contribution in [-0.4, -0.2) is 11.5 Å². The quantitative estimate of drug-likeness (QED) is 0.603. The van der Waals surface area contributed by atoms with Crippen LogP contribution in [0.5, 0.6) is 5.75 Å². The molecule has 0 aliphatic heterocycles. The highest BCUT2D eigenvalue weighted by atomic mass is 16.6. The Morgan fingerprint density at radius 3 is 2.89 bits per heavy atom. The fourth-order valence-electron chi connectivity index (χ4n) is 1.86. The molecule has 4 nitrogen and oxygen atoms in total. The summed E-state index contributed by atoms with van der Waals surface area (Å²) in [4.78, 5) is 10.2. The van der Waals surface area contributed by atoms with Gasteiger partial charge in [0.05, 0.1) is 11.5 Å². The van der Waals surface area contributed by atoms with Crippen LogP contribution in [0.1, 0.15) is 12.0 Å². The van der Waals surface area contributed by atoms with Crippen LogP contribution in [0, 0.1) is 23.0 Å². The van der Waals surface area contributed by atoms with Crippen LogP contribution in [0.2, 0.25) is 0 Å². The van der Waals surface area contributed by atoms with Gasteiger partial charge in [-0.2, -0.15) is 0 Å². The van der Waals surface area contributed by atoms with Crippen LogP contribution in [0.3, 0.4) is 0 Å². The number of ether oxygens (including phenoxy) is 1. The van der Waals surface area contributed by atoms with Gasteiger partial charge in [0.25, 0.3) is 5.69 Å². The van der Waals surface area contributed by atoms with Crippen molar-refractivity contribution in [1.82, 2.24) is 0 Å². The Hall–Kier alpha value is -2.10. The Balaban J connectivity index is 1.99. The van der Waals surface area contributed by atoms with Crippen molar-refractivity contribution in [3.05, 3.63) is 58.2 Å². The van der Waals surface area contributed by atoms with Crippen molar-refractivity contribution in [1.29, 1.82) is 0 Å². The number of aryl methyl sites for hydroxylation is 1. The topological polar surface area (TPSA) is 52.4 Å². The number of rotatable bonds is 4. The molecular formula is C14H15NO3. The van der Waals surface area contributed by atoms with Gasteiger partial charge < -0.3 is 4.74 Å². The maximum absolute atomic E-state index is 10.6. The average molecular weight is 245 g/mol. The molecule has 0 saturated heterocycles. The smallest absolute Gasteiger partial charge is 0.269 e. The van der Waals surface area contributed by atoms with Crippen LogP contribution in [-0.2, 0) is 0 Å². The molecule has 1 unspecified atom stereocenters. The summed E-state index contributed by atoms with van der Waals surface area (Å²) in [5.41, 5.74) is 0.889. The zero-order chi connectivity index (χ0) is 13.0. The molecule has 0 spiro atoms. The Morgan fingerprint density at radius 2 is 2.28 bits per heavy atom. The van der Waals surface area contributed by atoms with E-state index in [9.17, 15) is 10.1 Å². The SMILES string of the molecule is Cc1cc([N+](=O)[O-])ccc1OCC1C=CC=CC1. The highest BCUT2D eigenvalue weighted by Gasteiger charge is 2.11. The summed E-state index contributed by atoms with van der Waals surface area (Å²) >= 11 is 0. The molecule has 0 N–H and O–H groups in total. The average Bonchev–Trinajstić information content (AvgIpc) is 2.38. The minimum Gasteiger partial charge on any atom is -0.493 e. The molecule has 0 heterocycles. The van der Waals surface area contributed by atoms with E-state index in [-0.39, 0.29) is 5.69 Å². The zero-order valence-electron chi connectivity index (χ0n) is 10.2. The zero-order valence-corrected chi connectivity index (χ0v) is 10.2. The Bertz CT molecular complexity index is 506. The lowest BCUT2D eigenvalue weighted by Gasteiger charge is -2.15. The number of benzene rings is 1. The highest BCUT2D eigenvalue weighted by molar-refractivity contribution is 5.42. The maximum Gasteiger partial charge on any atom is 0.269 e. The first-order chi connectivity index (χ1) is 8.66. The molecule has 0 bridgehead atoms. The third kappa shape index (κ3) is 2.97. The summed E-state index contributed by atoms with van der Waals surface area (Å²) in [7, 11) is 0. The number of hydrogen-bond acceptors (Lipinski definition) is 3. The van der Waals surface area contributed by atoms with Gasteiger partial charge in [-0.1, -0.05) is 24.3 Å². The lowest BCUT2D eigenvalue weighted by molar-refractivity contribution is -0.384. The van der Waals surface area contributed by atoms with E-state index in [4.69, 9.17) is 4.74 Å². The predicted octanol–water partition coefficient (Wildman–Crippen LogP) is 3.41. The van der Waals surface area contributed by atoms with E-state index in [0.29, 0.717) is 18.3 Å². The van der Waals surface area contributed by atoms with E-state index in [2.05, 4.69) is 12.2 Å². The lowest BCUT2D eigenvalue weighted by Crippen LogP contribution is -2.10. The first-order valence-corrected chi connectivity index (χ1v) is 5.88. The summed E-state index contributed by atoms with van der Waals surface area (Å²) in [5, 5.41) is 10.6. The van der Waals surface area contributed by atoms with Crippen molar-refractivity contribution in [2.24, 2.45) is 5.92 Å². The second-order valence-electron chi connectivity index (χ2n) is 4.33. The molecule has 1 aromatic carbocycles. The molecule has 1 atom stereocenters. The molecule has 4 heteroatoms. The lowest BCUT2D eigenvalue weighted by atomic mass is 10.0. The third-order valence-corrected chi connectivity index (χ3v) is 2.89. The molecular weight excluding hydrogens is 230 g/mol. The Morgan fingerprint density at radius 1 is 1.44 bits per heavy atom. The molecule has 0 amide bonds. The molecule has 0 radical (unpaired) electrons. The molecule has 2 rings (SSSR count). The Kier molecular flexibility index (Phi) is 3.77. The van der Waals surface area contributed by atoms with Crippen molar-refractivity contribution in [3.8, 4) is 5.75 Å². The first-order valence-electron chi connectivity index (χ1n) is 5.88. The summed E-state index contributed by atoms with van der Waals surface area (Å²) in [6.45, 7) is 2.42. The van der Waals surface area contributed by atoms with Gasteiger partial charge in [-0.15, -0.1) is 0 Å². The fraction of sp³-hybridized carbons (Fsp3) is 0.286. The summed E-state index contributed by atoms with van der Waals surface area (Å²) < 4.78 is 5.70. The van der Waals surface area contributed by atoms with E-state index in [1.807, 2.05) is 19.1 Å². The van der Waals surface area contributed by atoms with Gasteiger partial charge in [-0.25, -0.2) is 0 Å². The van der Waals surface area contributed by atoms with E-state index < -0.39 is 4.92 Å². The Labute approximate surface area is 106 Å². The van der Waals surface area contributed by atoms with Crippen molar-refractivity contribution in [3.63, 3.8) is 0 Å². The molecule has 0 aromatic heterocycles. The predicted molar refractivity (Wildman–Crippen MR) is 69.7 cm³/mol. The second kappa shape index (κ2) is 5.49. The fourth-order valence-corrected chi connectivity index (χ4v) is 1.86. The van der Waals surface area contributed by atoms with Gasteiger partial charge >= 0.3 is 0 Å². The molecule has 94 valence electrons. The van der Waals surface area contributed by atoms with Crippen molar-refractivity contribution < 1.29 is 9.66 Å². The maximum atomic E-state index is 10.6. The molecule has 0 saturated carbocycles. The van der Waals surface area contributed by atoms with E-state index in [0.717, 1.165) is 12.0 Å². The second-order valence-corrected chi connectivity index (χ2v) is 4.33. The van der Waals surface area contributed by atoms with Gasteiger partial charge in [0.15, 0.2) is 0 Å². The highest BCUT2D eigenvalue weighted by Crippen LogP contribution is 2.24. The van der Waals surface area contributed by atoms with E-state index in [1.54, 1.807) is 6.07 Å². The summed E-state index contributed by atoms with van der Waals surface area (Å²) in [6, 6.07) is 4.67. The monoisotopic (exact) mass is 245 g/mol. The van der Waals surface area contributed by atoms with Crippen LogP contribution in [0.4, 0.5) is 5.69 Å². The molecule has 0 fully saturated rings. The standard InChI is InChI=1S/C14H15NO3/c1-11-9-13(15(16)17)7-8-14(11)18-10-12-5-3-2-4-6-12/h2-5,7-9,12H,6,10H2,1H3. The largest absolute Gasteiger partial charge is 0.493 e. The number of nitro benzene ring substituents is 1.